The van der Waals surface area contributed by atoms with Crippen LogP contribution in [0.2, 0.25) is 5.02 Å². The smallest absolute Gasteiger partial charge is 0.339 e. The van der Waals surface area contributed by atoms with Crippen LogP contribution < -0.4 is 14.8 Å². The van der Waals surface area contributed by atoms with Gasteiger partial charge in [-0.1, -0.05) is 54.9 Å². The summed E-state index contributed by atoms with van der Waals surface area (Å²) in [5.41, 5.74) is 2.76. The standard InChI is InChI=1S/C33H31ClN2O7S/c1-4-9-23-15-22(16-27(41-3)30(23)43-20-21-10-7-6-8-11-21)17-28-31(38)36(33(40)44-28)19-29(37)35-24-12-13-26(34)25(18-24)32(39)42-14-5-2/h4,6-8,10-13,15-18H,1,5,9,14,19-20H2,2-3H3,(H,35,37)/b28-17-. The number of benzene rings is 3. The summed E-state index contributed by atoms with van der Waals surface area (Å²) < 4.78 is 16.8. The molecule has 3 aromatic rings. The zero-order valence-corrected chi connectivity index (χ0v) is 25.8. The number of methoxy groups -OCH3 is 1. The molecule has 0 atom stereocenters. The first kappa shape index (κ1) is 32.4. The third kappa shape index (κ3) is 8.09. The van der Waals surface area contributed by atoms with Crippen molar-refractivity contribution in [2.75, 3.05) is 25.6 Å². The minimum atomic E-state index is -0.626. The second kappa shape index (κ2) is 15.3. The van der Waals surface area contributed by atoms with Crippen LogP contribution in [0.1, 0.15) is 40.4 Å². The van der Waals surface area contributed by atoms with Gasteiger partial charge in [0.2, 0.25) is 5.91 Å². The lowest BCUT2D eigenvalue weighted by molar-refractivity contribution is -0.127. The molecule has 3 aromatic carbocycles. The number of thioether (sulfide) groups is 1. The van der Waals surface area contributed by atoms with Crippen molar-refractivity contribution in [2.45, 2.75) is 26.4 Å². The first-order valence-electron chi connectivity index (χ1n) is 13.7. The first-order chi connectivity index (χ1) is 21.2. The molecule has 0 saturated carbocycles. The molecule has 0 spiro atoms. The van der Waals surface area contributed by atoms with Crippen LogP contribution in [0.3, 0.4) is 0 Å². The minimum Gasteiger partial charge on any atom is -0.493 e. The molecule has 9 nitrogen and oxygen atoms in total. The maximum absolute atomic E-state index is 13.2. The molecule has 4 rings (SSSR count). The molecule has 0 bridgehead atoms. The third-order valence-electron chi connectivity index (χ3n) is 6.34. The van der Waals surface area contributed by atoms with Crippen LogP contribution >= 0.6 is 23.4 Å². The summed E-state index contributed by atoms with van der Waals surface area (Å²) in [5, 5.41) is 2.18. The van der Waals surface area contributed by atoms with Crippen molar-refractivity contribution >= 4 is 58.1 Å². The molecule has 0 aromatic heterocycles. The summed E-state index contributed by atoms with van der Waals surface area (Å²) in [5.74, 6) is -0.830. The van der Waals surface area contributed by atoms with Gasteiger partial charge in [0.15, 0.2) is 11.5 Å². The normalized spacial score (nSPS) is 13.6. The molecular formula is C33H31ClN2O7S. The van der Waals surface area contributed by atoms with Crippen LogP contribution in [-0.2, 0) is 27.4 Å². The molecule has 1 aliphatic rings. The van der Waals surface area contributed by atoms with Gasteiger partial charge in [-0.05, 0) is 72.1 Å². The Morgan fingerprint density at radius 2 is 1.86 bits per heavy atom. The van der Waals surface area contributed by atoms with E-state index in [-0.39, 0.29) is 27.8 Å². The molecule has 3 amide bonds. The quantitative estimate of drug-likeness (QED) is 0.123. The Morgan fingerprint density at radius 3 is 2.57 bits per heavy atom. The molecule has 1 heterocycles. The van der Waals surface area contributed by atoms with Crippen LogP contribution in [0.15, 0.2) is 78.2 Å². The number of esters is 1. The van der Waals surface area contributed by atoms with Gasteiger partial charge in [-0.2, -0.15) is 0 Å². The van der Waals surface area contributed by atoms with Crippen molar-refractivity contribution in [1.29, 1.82) is 0 Å². The van der Waals surface area contributed by atoms with E-state index in [0.717, 1.165) is 27.8 Å². The van der Waals surface area contributed by atoms with Gasteiger partial charge >= 0.3 is 5.97 Å². The van der Waals surface area contributed by atoms with E-state index >= 15 is 0 Å². The van der Waals surface area contributed by atoms with E-state index < -0.39 is 29.6 Å². The number of anilines is 1. The van der Waals surface area contributed by atoms with Crippen molar-refractivity contribution in [3.63, 3.8) is 0 Å². The van der Waals surface area contributed by atoms with Gasteiger partial charge in [0.25, 0.3) is 11.1 Å². The zero-order valence-electron chi connectivity index (χ0n) is 24.3. The first-order valence-corrected chi connectivity index (χ1v) is 14.9. The number of nitrogens with zero attached hydrogens (tertiary/aromatic N) is 1. The fourth-order valence-corrected chi connectivity index (χ4v) is 5.32. The van der Waals surface area contributed by atoms with Gasteiger partial charge < -0.3 is 19.5 Å². The SMILES string of the molecule is C=CCc1cc(/C=C2\SC(=O)N(CC(=O)Nc3ccc(Cl)c(C(=O)OCCC)c3)C2=O)cc(OC)c1OCc1ccccc1. The van der Waals surface area contributed by atoms with Crippen LogP contribution in [0, 0.1) is 0 Å². The Balaban J connectivity index is 1.48. The maximum Gasteiger partial charge on any atom is 0.339 e. The Bertz CT molecular complexity index is 1610. The lowest BCUT2D eigenvalue weighted by Crippen LogP contribution is -2.36. The molecule has 11 heteroatoms. The van der Waals surface area contributed by atoms with Crippen LogP contribution in [0.4, 0.5) is 10.5 Å². The highest BCUT2D eigenvalue weighted by Gasteiger charge is 2.36. The van der Waals surface area contributed by atoms with Crippen molar-refractivity contribution in [1.82, 2.24) is 4.90 Å². The summed E-state index contributed by atoms with van der Waals surface area (Å²) in [6.07, 6.45) is 4.43. The molecule has 1 fully saturated rings. The number of halogens is 1. The summed E-state index contributed by atoms with van der Waals surface area (Å²) in [7, 11) is 1.52. The van der Waals surface area contributed by atoms with Gasteiger partial charge in [0.1, 0.15) is 13.2 Å². The number of ether oxygens (including phenoxy) is 3. The molecule has 1 aliphatic heterocycles. The topological polar surface area (TPSA) is 111 Å². The van der Waals surface area contributed by atoms with Gasteiger partial charge in [-0.25, -0.2) is 4.79 Å². The summed E-state index contributed by atoms with van der Waals surface area (Å²) >= 11 is 6.85. The molecule has 1 N–H and O–H groups in total. The maximum atomic E-state index is 13.2. The van der Waals surface area contributed by atoms with E-state index in [9.17, 15) is 19.2 Å². The zero-order chi connectivity index (χ0) is 31.6. The monoisotopic (exact) mass is 634 g/mol. The lowest BCUT2D eigenvalue weighted by Gasteiger charge is -2.16. The van der Waals surface area contributed by atoms with Gasteiger partial charge in [-0.15, -0.1) is 6.58 Å². The average Bonchev–Trinajstić information content (AvgIpc) is 3.27. The molecule has 0 aliphatic carbocycles. The van der Waals surface area contributed by atoms with Crippen molar-refractivity contribution in [3.8, 4) is 11.5 Å². The van der Waals surface area contributed by atoms with Gasteiger partial charge in [-0.3, -0.25) is 19.3 Å². The number of amides is 3. The highest BCUT2D eigenvalue weighted by atomic mass is 35.5. The number of hydrogen-bond acceptors (Lipinski definition) is 8. The molecule has 228 valence electrons. The number of imide groups is 1. The number of nitrogens with one attached hydrogen (secondary N) is 1. The predicted octanol–water partition coefficient (Wildman–Crippen LogP) is 6.90. The second-order valence-electron chi connectivity index (χ2n) is 9.63. The Morgan fingerprint density at radius 1 is 1.09 bits per heavy atom. The van der Waals surface area contributed by atoms with Crippen molar-refractivity contribution < 1.29 is 33.4 Å². The largest absolute Gasteiger partial charge is 0.493 e. The van der Waals surface area contributed by atoms with Crippen LogP contribution in [0.5, 0.6) is 11.5 Å². The van der Waals surface area contributed by atoms with Crippen molar-refractivity contribution in [2.24, 2.45) is 0 Å². The Hall–Kier alpha value is -4.54. The highest BCUT2D eigenvalue weighted by molar-refractivity contribution is 8.18. The summed E-state index contributed by atoms with van der Waals surface area (Å²) in [6, 6.07) is 17.6. The van der Waals surface area contributed by atoms with E-state index in [1.165, 1.54) is 25.3 Å². The number of hydrogen-bond donors (Lipinski definition) is 1. The van der Waals surface area contributed by atoms with E-state index in [2.05, 4.69) is 11.9 Å². The number of carbonyl (C=O) groups excluding carboxylic acids is 4. The Labute approximate surface area is 264 Å². The molecule has 44 heavy (non-hydrogen) atoms. The average molecular weight is 635 g/mol. The van der Waals surface area contributed by atoms with E-state index in [1.807, 2.05) is 43.3 Å². The predicted molar refractivity (Wildman–Crippen MR) is 171 cm³/mol. The fourth-order valence-electron chi connectivity index (χ4n) is 4.28. The lowest BCUT2D eigenvalue weighted by atomic mass is 10.0. The highest BCUT2D eigenvalue weighted by Crippen LogP contribution is 2.37. The summed E-state index contributed by atoms with van der Waals surface area (Å²) in [6.45, 7) is 5.74. The van der Waals surface area contributed by atoms with Crippen LogP contribution in [-0.4, -0.2) is 48.2 Å². The molecular weight excluding hydrogens is 604 g/mol. The van der Waals surface area contributed by atoms with E-state index in [1.54, 1.807) is 18.2 Å². The fraction of sp³-hybridized carbons (Fsp3) is 0.212. The van der Waals surface area contributed by atoms with Crippen LogP contribution in [0.25, 0.3) is 6.08 Å². The number of carbonyl (C=O) groups is 4. The summed E-state index contributed by atoms with van der Waals surface area (Å²) in [4.78, 5) is 52.0. The van der Waals surface area contributed by atoms with Crippen molar-refractivity contribution in [3.05, 3.63) is 106 Å². The third-order valence-corrected chi connectivity index (χ3v) is 7.58. The van der Waals surface area contributed by atoms with Gasteiger partial charge in [0.05, 0.1) is 29.2 Å². The molecule has 0 unspecified atom stereocenters. The van der Waals surface area contributed by atoms with Gasteiger partial charge in [0, 0.05) is 11.3 Å². The molecule has 0 radical (unpaired) electrons. The Kier molecular flexibility index (Phi) is 11.2. The van der Waals surface area contributed by atoms with E-state index in [4.69, 9.17) is 25.8 Å². The number of allylic oxidation sites excluding steroid dienone is 1. The minimum absolute atomic E-state index is 0.0924. The number of rotatable bonds is 13. The molecule has 1 saturated heterocycles. The second-order valence-corrected chi connectivity index (χ2v) is 11.0. The van der Waals surface area contributed by atoms with E-state index in [0.29, 0.717) is 36.5 Å².